The van der Waals surface area contributed by atoms with Gasteiger partial charge in [0.05, 0.1) is 18.3 Å². The fourth-order valence-electron chi connectivity index (χ4n) is 4.87. The molecule has 8 nitrogen and oxygen atoms in total. The van der Waals surface area contributed by atoms with Crippen molar-refractivity contribution in [3.8, 4) is 11.6 Å². The molecule has 184 valence electrons. The van der Waals surface area contributed by atoms with Gasteiger partial charge < -0.3 is 19.1 Å². The van der Waals surface area contributed by atoms with Crippen LogP contribution in [-0.4, -0.2) is 89.0 Å². The van der Waals surface area contributed by atoms with E-state index in [1.54, 1.807) is 25.2 Å². The van der Waals surface area contributed by atoms with Crippen molar-refractivity contribution in [3.63, 3.8) is 0 Å². The Kier molecular flexibility index (Phi) is 6.72. The third kappa shape index (κ3) is 5.17. The Bertz CT molecular complexity index is 1190. The fraction of sp³-hybridized carbons (Fsp3) is 0.444. The highest BCUT2D eigenvalue weighted by atomic mass is 16.5. The van der Waals surface area contributed by atoms with Crippen LogP contribution in [0.5, 0.6) is 5.75 Å². The largest absolute Gasteiger partial charge is 0.489 e. The van der Waals surface area contributed by atoms with Crippen molar-refractivity contribution >= 4 is 22.7 Å². The van der Waals surface area contributed by atoms with E-state index >= 15 is 0 Å². The Morgan fingerprint density at radius 2 is 1.80 bits per heavy atom. The van der Waals surface area contributed by atoms with E-state index in [2.05, 4.69) is 9.88 Å². The number of hydrogen-bond acceptors (Lipinski definition) is 5. The van der Waals surface area contributed by atoms with E-state index in [0.717, 1.165) is 79.9 Å². The average molecular weight is 476 g/mol. The number of hydrogen-bond donors (Lipinski definition) is 0. The number of aromatic nitrogens is 2. The quantitative estimate of drug-likeness (QED) is 0.548. The number of piperidine rings is 1. The highest BCUT2D eigenvalue weighted by molar-refractivity contribution is 5.98. The summed E-state index contributed by atoms with van der Waals surface area (Å²) in [6.45, 7) is 3.88. The van der Waals surface area contributed by atoms with Gasteiger partial charge in [0.15, 0.2) is 0 Å². The normalized spacial score (nSPS) is 17.1. The molecule has 0 N–H and O–H groups in total. The molecule has 2 fully saturated rings. The molecule has 2 aliphatic rings. The third-order valence-electron chi connectivity index (χ3n) is 6.99. The molecule has 2 saturated heterocycles. The second-order valence-corrected chi connectivity index (χ2v) is 9.69. The van der Waals surface area contributed by atoms with Crippen LogP contribution in [0, 0.1) is 0 Å². The minimum atomic E-state index is 0.118. The van der Waals surface area contributed by atoms with Crippen LogP contribution in [0.15, 0.2) is 48.8 Å². The van der Waals surface area contributed by atoms with Crippen LogP contribution in [0.1, 0.15) is 36.0 Å². The summed E-state index contributed by atoms with van der Waals surface area (Å²) in [6, 6.07) is 11.8. The van der Waals surface area contributed by atoms with Gasteiger partial charge in [0.25, 0.3) is 5.91 Å². The SMILES string of the molecule is CN(C)C(=O)CN1CCC(Oc2ccc(-n3ccc4cc(C(=O)N5CCCC5)ccc43)nc2)CC1. The van der Waals surface area contributed by atoms with Gasteiger partial charge in [-0.15, -0.1) is 0 Å². The smallest absolute Gasteiger partial charge is 0.253 e. The number of carbonyl (C=O) groups excluding carboxylic acids is 2. The Hall–Kier alpha value is -3.39. The first kappa shape index (κ1) is 23.4. The lowest BCUT2D eigenvalue weighted by Crippen LogP contribution is -2.43. The maximum Gasteiger partial charge on any atom is 0.253 e. The van der Waals surface area contributed by atoms with E-state index in [1.807, 2.05) is 52.1 Å². The van der Waals surface area contributed by atoms with Gasteiger partial charge in [-0.25, -0.2) is 4.98 Å². The molecular formula is C27H33N5O3. The number of benzene rings is 1. The molecule has 0 radical (unpaired) electrons. The fourth-order valence-corrected chi connectivity index (χ4v) is 4.87. The number of ether oxygens (including phenoxy) is 1. The van der Waals surface area contributed by atoms with E-state index in [0.29, 0.717) is 6.54 Å². The molecule has 8 heteroatoms. The zero-order valence-electron chi connectivity index (χ0n) is 20.5. The summed E-state index contributed by atoms with van der Waals surface area (Å²) < 4.78 is 8.20. The standard InChI is InChI=1S/C27H33N5O3/c1-29(2)26(33)19-30-14-10-22(11-15-30)35-23-6-8-25(28-18-23)32-16-9-20-17-21(5-7-24(20)32)27(34)31-12-3-4-13-31/h5-9,16-18,22H,3-4,10-15,19H2,1-2H3. The van der Waals surface area contributed by atoms with Crippen molar-refractivity contribution in [2.24, 2.45) is 0 Å². The van der Waals surface area contributed by atoms with Crippen molar-refractivity contribution < 1.29 is 14.3 Å². The minimum Gasteiger partial charge on any atom is -0.489 e. The van der Waals surface area contributed by atoms with Gasteiger partial charge in [0.1, 0.15) is 17.7 Å². The number of nitrogens with zero attached hydrogens (tertiary/aromatic N) is 5. The van der Waals surface area contributed by atoms with E-state index in [9.17, 15) is 9.59 Å². The maximum absolute atomic E-state index is 12.7. The van der Waals surface area contributed by atoms with Crippen LogP contribution < -0.4 is 4.74 Å². The molecule has 2 aromatic heterocycles. The highest BCUT2D eigenvalue weighted by Gasteiger charge is 2.23. The van der Waals surface area contributed by atoms with Crippen LogP contribution in [0.3, 0.4) is 0 Å². The second-order valence-electron chi connectivity index (χ2n) is 9.69. The number of likely N-dealkylation sites (N-methyl/N-ethyl adjacent to an activating group) is 1. The van der Waals surface area contributed by atoms with Crippen molar-refractivity contribution in [3.05, 3.63) is 54.4 Å². The summed E-state index contributed by atoms with van der Waals surface area (Å²) in [4.78, 5) is 35.0. The van der Waals surface area contributed by atoms with Crippen LogP contribution in [0.4, 0.5) is 0 Å². The molecule has 3 aromatic rings. The molecule has 35 heavy (non-hydrogen) atoms. The van der Waals surface area contributed by atoms with Gasteiger partial charge in [0.2, 0.25) is 5.91 Å². The molecular weight excluding hydrogens is 442 g/mol. The molecule has 0 bridgehead atoms. The molecule has 2 aliphatic heterocycles. The number of likely N-dealkylation sites (tertiary alicyclic amines) is 2. The first-order valence-corrected chi connectivity index (χ1v) is 12.4. The minimum absolute atomic E-state index is 0.118. The topological polar surface area (TPSA) is 70.9 Å². The monoisotopic (exact) mass is 475 g/mol. The zero-order chi connectivity index (χ0) is 24.4. The second kappa shape index (κ2) is 10.1. The van der Waals surface area contributed by atoms with Crippen LogP contribution in [-0.2, 0) is 4.79 Å². The summed E-state index contributed by atoms with van der Waals surface area (Å²) in [5.41, 5.74) is 1.76. The third-order valence-corrected chi connectivity index (χ3v) is 6.99. The molecule has 5 rings (SSSR count). The number of amides is 2. The van der Waals surface area contributed by atoms with Gasteiger partial charge in [-0.3, -0.25) is 14.5 Å². The van der Waals surface area contributed by atoms with Gasteiger partial charge in [-0.1, -0.05) is 0 Å². The summed E-state index contributed by atoms with van der Waals surface area (Å²) in [5.74, 6) is 1.82. The highest BCUT2D eigenvalue weighted by Crippen LogP contribution is 2.24. The predicted octanol–water partition coefficient (Wildman–Crippen LogP) is 3.19. The molecule has 0 saturated carbocycles. The molecule has 0 atom stereocenters. The number of rotatable bonds is 6. The molecule has 4 heterocycles. The summed E-state index contributed by atoms with van der Waals surface area (Å²) >= 11 is 0. The summed E-state index contributed by atoms with van der Waals surface area (Å²) in [5, 5.41) is 1.02. The zero-order valence-corrected chi connectivity index (χ0v) is 20.5. The first-order valence-electron chi connectivity index (χ1n) is 12.4. The lowest BCUT2D eigenvalue weighted by molar-refractivity contribution is -0.130. The van der Waals surface area contributed by atoms with Crippen LogP contribution in [0.25, 0.3) is 16.7 Å². The Morgan fingerprint density at radius 1 is 1.03 bits per heavy atom. The lowest BCUT2D eigenvalue weighted by Gasteiger charge is -2.32. The number of carbonyl (C=O) groups is 2. The number of fused-ring (bicyclic) bond motifs is 1. The van der Waals surface area contributed by atoms with Crippen molar-refractivity contribution in [2.45, 2.75) is 31.8 Å². The van der Waals surface area contributed by atoms with E-state index in [-0.39, 0.29) is 17.9 Å². The Balaban J connectivity index is 1.21. The van der Waals surface area contributed by atoms with Crippen LogP contribution >= 0.6 is 0 Å². The van der Waals surface area contributed by atoms with Gasteiger partial charge in [-0.05, 0) is 62.1 Å². The molecule has 0 unspecified atom stereocenters. The predicted molar refractivity (Wildman–Crippen MR) is 135 cm³/mol. The Morgan fingerprint density at radius 3 is 2.49 bits per heavy atom. The maximum atomic E-state index is 12.7. The summed E-state index contributed by atoms with van der Waals surface area (Å²) in [6.07, 6.45) is 7.86. The summed E-state index contributed by atoms with van der Waals surface area (Å²) in [7, 11) is 3.58. The van der Waals surface area contributed by atoms with E-state index < -0.39 is 0 Å². The average Bonchev–Trinajstić information content (AvgIpc) is 3.55. The molecule has 0 spiro atoms. The lowest BCUT2D eigenvalue weighted by atomic mass is 10.1. The number of pyridine rings is 1. The molecule has 1 aromatic carbocycles. The van der Waals surface area contributed by atoms with Crippen molar-refractivity contribution in [2.75, 3.05) is 46.8 Å². The van der Waals surface area contributed by atoms with E-state index in [4.69, 9.17) is 4.74 Å². The van der Waals surface area contributed by atoms with Gasteiger partial charge >= 0.3 is 0 Å². The van der Waals surface area contributed by atoms with Crippen molar-refractivity contribution in [1.82, 2.24) is 24.3 Å². The van der Waals surface area contributed by atoms with Gasteiger partial charge in [0, 0.05) is 57.4 Å². The molecule has 2 amide bonds. The van der Waals surface area contributed by atoms with Crippen molar-refractivity contribution in [1.29, 1.82) is 0 Å². The first-order chi connectivity index (χ1) is 17.0. The van der Waals surface area contributed by atoms with E-state index in [1.165, 1.54) is 0 Å². The van der Waals surface area contributed by atoms with Gasteiger partial charge in [-0.2, -0.15) is 0 Å². The van der Waals surface area contributed by atoms with Crippen LogP contribution in [0.2, 0.25) is 0 Å². The molecule has 0 aliphatic carbocycles. The Labute approximate surface area is 206 Å².